The third kappa shape index (κ3) is 4.39. The molecule has 4 nitrogen and oxygen atoms in total. The highest BCUT2D eigenvalue weighted by atomic mass is 79.9. The largest absolute Gasteiger partial charge is 0.329 e. The van der Waals surface area contributed by atoms with Crippen LogP contribution in [0.15, 0.2) is 27.6 Å². The molecule has 0 aromatic heterocycles. The summed E-state index contributed by atoms with van der Waals surface area (Å²) in [6.07, 6.45) is 0. The number of nitrogens with one attached hydrogen (secondary N) is 1. The van der Waals surface area contributed by atoms with E-state index >= 15 is 0 Å². The summed E-state index contributed by atoms with van der Waals surface area (Å²) in [5.41, 5.74) is 5.36. The minimum Gasteiger partial charge on any atom is -0.329 e. The van der Waals surface area contributed by atoms with Gasteiger partial charge in [0.2, 0.25) is 10.0 Å². The van der Waals surface area contributed by atoms with E-state index in [1.54, 1.807) is 19.1 Å². The molecule has 1 aromatic rings. The van der Waals surface area contributed by atoms with Gasteiger partial charge in [-0.1, -0.05) is 17.7 Å². The Morgan fingerprint density at radius 3 is 2.65 bits per heavy atom. The first kappa shape index (κ1) is 17.2. The van der Waals surface area contributed by atoms with Crippen LogP contribution < -0.4 is 10.5 Å². The quantitative estimate of drug-likeness (QED) is 0.860. The predicted octanol–water partition coefficient (Wildman–Crippen LogP) is 2.15. The Morgan fingerprint density at radius 2 is 2.12 bits per heavy atom. The molecule has 0 amide bonds. The van der Waals surface area contributed by atoms with Gasteiger partial charge in [-0.25, -0.2) is 13.1 Å². The molecule has 0 saturated heterocycles. The Labute approximate surface area is 121 Å². The van der Waals surface area contributed by atoms with E-state index in [0.29, 0.717) is 9.50 Å². The summed E-state index contributed by atoms with van der Waals surface area (Å²) in [6.45, 7) is 1.92. The molecule has 0 unspecified atom stereocenters. The lowest BCUT2D eigenvalue weighted by molar-refractivity contribution is 0.562. The van der Waals surface area contributed by atoms with Crippen LogP contribution in [0.4, 0.5) is 0 Å². The Bertz CT molecular complexity index is 482. The molecule has 0 heterocycles. The Kier molecular flexibility index (Phi) is 6.98. The molecule has 0 saturated carbocycles. The monoisotopic (exact) mass is 362 g/mol. The summed E-state index contributed by atoms with van der Waals surface area (Å²) < 4.78 is 26.6. The van der Waals surface area contributed by atoms with E-state index in [1.165, 1.54) is 6.07 Å². The zero-order valence-corrected chi connectivity index (χ0v) is 13.0. The van der Waals surface area contributed by atoms with Gasteiger partial charge in [-0.15, -0.1) is 12.4 Å². The normalized spacial score (nSPS) is 12.9. The number of halogens is 3. The second-order valence-corrected chi connectivity index (χ2v) is 6.19. The molecule has 0 aliphatic rings. The van der Waals surface area contributed by atoms with Gasteiger partial charge in [-0.05, 0) is 35.0 Å². The number of hydrogen-bond donors (Lipinski definition) is 2. The third-order valence-electron chi connectivity index (χ3n) is 1.92. The highest BCUT2D eigenvalue weighted by Gasteiger charge is 2.20. The molecule has 0 spiro atoms. The van der Waals surface area contributed by atoms with Gasteiger partial charge < -0.3 is 5.73 Å². The lowest BCUT2D eigenvalue weighted by Gasteiger charge is -2.13. The Hall–Kier alpha value is 0.150. The van der Waals surface area contributed by atoms with Crippen molar-refractivity contribution >= 4 is 50.0 Å². The van der Waals surface area contributed by atoms with Crippen molar-refractivity contribution in [2.24, 2.45) is 5.73 Å². The van der Waals surface area contributed by atoms with Crippen LogP contribution in [-0.2, 0) is 10.0 Å². The van der Waals surface area contributed by atoms with Crippen molar-refractivity contribution < 1.29 is 8.42 Å². The van der Waals surface area contributed by atoms with Gasteiger partial charge >= 0.3 is 0 Å². The molecule has 0 aliphatic carbocycles. The standard InChI is InChI=1S/C9H12BrClN2O2S.ClH/c1-6(5-12)13-16(14,15)8-4-2-3-7(11)9(8)10;/h2-4,6,13H,5,12H2,1H3;1H/t6-;/m0./s1. The lowest BCUT2D eigenvalue weighted by Crippen LogP contribution is -2.37. The zero-order valence-electron chi connectivity index (χ0n) is 8.98. The van der Waals surface area contributed by atoms with Crippen LogP contribution in [-0.4, -0.2) is 21.0 Å². The van der Waals surface area contributed by atoms with E-state index in [2.05, 4.69) is 20.7 Å². The predicted molar refractivity (Wildman–Crippen MR) is 75.2 cm³/mol. The molecule has 8 heteroatoms. The van der Waals surface area contributed by atoms with E-state index in [9.17, 15) is 8.42 Å². The smallest absolute Gasteiger partial charge is 0.242 e. The summed E-state index contributed by atoms with van der Waals surface area (Å²) in [5.74, 6) is 0. The van der Waals surface area contributed by atoms with Gasteiger partial charge in [0.05, 0.1) is 14.4 Å². The van der Waals surface area contributed by atoms with Crippen LogP contribution in [0, 0.1) is 0 Å². The molecule has 1 aromatic carbocycles. The molecule has 0 aliphatic heterocycles. The fourth-order valence-corrected chi connectivity index (χ4v) is 3.56. The molecular weight excluding hydrogens is 351 g/mol. The molecule has 0 radical (unpaired) electrons. The van der Waals surface area contributed by atoms with Crippen molar-refractivity contribution in [2.75, 3.05) is 6.54 Å². The minimum atomic E-state index is -3.59. The summed E-state index contributed by atoms with van der Waals surface area (Å²) in [4.78, 5) is 0.111. The van der Waals surface area contributed by atoms with Gasteiger partial charge in [0.25, 0.3) is 0 Å². The van der Waals surface area contributed by atoms with Crippen molar-refractivity contribution in [3.63, 3.8) is 0 Å². The van der Waals surface area contributed by atoms with E-state index in [1.807, 2.05) is 0 Å². The van der Waals surface area contributed by atoms with Crippen molar-refractivity contribution in [3.8, 4) is 0 Å². The average molecular weight is 364 g/mol. The summed E-state index contributed by atoms with van der Waals surface area (Å²) in [7, 11) is -3.59. The lowest BCUT2D eigenvalue weighted by atomic mass is 10.4. The highest BCUT2D eigenvalue weighted by Crippen LogP contribution is 2.29. The van der Waals surface area contributed by atoms with Gasteiger partial charge in [0.1, 0.15) is 0 Å². The first-order chi connectivity index (χ1) is 7.38. The molecule has 98 valence electrons. The maximum absolute atomic E-state index is 11.9. The van der Waals surface area contributed by atoms with Crippen molar-refractivity contribution in [2.45, 2.75) is 17.9 Å². The highest BCUT2D eigenvalue weighted by molar-refractivity contribution is 9.10. The minimum absolute atomic E-state index is 0. The summed E-state index contributed by atoms with van der Waals surface area (Å²) >= 11 is 8.97. The van der Waals surface area contributed by atoms with Crippen LogP contribution in [0.1, 0.15) is 6.92 Å². The van der Waals surface area contributed by atoms with Crippen LogP contribution in [0.2, 0.25) is 5.02 Å². The third-order valence-corrected chi connectivity index (χ3v) is 5.21. The molecule has 1 atom stereocenters. The van der Waals surface area contributed by atoms with E-state index in [-0.39, 0.29) is 29.9 Å². The Balaban J connectivity index is 0.00000256. The fraction of sp³-hybridized carbons (Fsp3) is 0.333. The number of rotatable bonds is 4. The van der Waals surface area contributed by atoms with Crippen molar-refractivity contribution in [3.05, 3.63) is 27.7 Å². The van der Waals surface area contributed by atoms with Crippen LogP contribution in [0.5, 0.6) is 0 Å². The van der Waals surface area contributed by atoms with E-state index in [4.69, 9.17) is 17.3 Å². The number of benzene rings is 1. The second kappa shape index (κ2) is 6.92. The topological polar surface area (TPSA) is 72.2 Å². The molecule has 0 fully saturated rings. The van der Waals surface area contributed by atoms with E-state index in [0.717, 1.165) is 0 Å². The zero-order chi connectivity index (χ0) is 12.3. The number of hydrogen-bond acceptors (Lipinski definition) is 3. The van der Waals surface area contributed by atoms with Crippen LogP contribution in [0.3, 0.4) is 0 Å². The van der Waals surface area contributed by atoms with Gasteiger partial charge in [-0.3, -0.25) is 0 Å². The number of sulfonamides is 1. The summed E-state index contributed by atoms with van der Waals surface area (Å²) in [5, 5.41) is 0.350. The van der Waals surface area contributed by atoms with Crippen LogP contribution >= 0.6 is 39.9 Å². The first-order valence-corrected chi connectivity index (χ1v) is 7.20. The van der Waals surface area contributed by atoms with Crippen LogP contribution in [0.25, 0.3) is 0 Å². The summed E-state index contributed by atoms with van der Waals surface area (Å²) in [6, 6.07) is 4.34. The van der Waals surface area contributed by atoms with Crippen molar-refractivity contribution in [1.82, 2.24) is 4.72 Å². The second-order valence-electron chi connectivity index (χ2n) is 3.31. The maximum Gasteiger partial charge on any atom is 0.242 e. The molecule has 3 N–H and O–H groups in total. The maximum atomic E-state index is 11.9. The molecule has 17 heavy (non-hydrogen) atoms. The molecular formula is C9H13BrCl2N2O2S. The number of nitrogens with two attached hydrogens (primary N) is 1. The molecule has 1 rings (SSSR count). The molecule has 0 bridgehead atoms. The van der Waals surface area contributed by atoms with Gasteiger partial charge in [-0.2, -0.15) is 0 Å². The SMILES string of the molecule is C[C@@H](CN)NS(=O)(=O)c1cccc(Cl)c1Br.Cl. The Morgan fingerprint density at radius 1 is 1.53 bits per heavy atom. The van der Waals surface area contributed by atoms with Gasteiger partial charge in [0, 0.05) is 12.6 Å². The van der Waals surface area contributed by atoms with E-state index < -0.39 is 10.0 Å². The fourth-order valence-electron chi connectivity index (χ4n) is 1.07. The van der Waals surface area contributed by atoms with Gasteiger partial charge in [0.15, 0.2) is 0 Å². The average Bonchev–Trinajstić information content (AvgIpc) is 2.21. The first-order valence-electron chi connectivity index (χ1n) is 4.55. The van der Waals surface area contributed by atoms with Crippen molar-refractivity contribution in [1.29, 1.82) is 0 Å².